The van der Waals surface area contributed by atoms with Crippen molar-refractivity contribution >= 4 is 43.5 Å². The lowest BCUT2D eigenvalue weighted by atomic mass is 9.95. The van der Waals surface area contributed by atoms with Gasteiger partial charge in [-0.1, -0.05) is 11.3 Å². The summed E-state index contributed by atoms with van der Waals surface area (Å²) in [6.45, 7) is 4.74. The zero-order valence-electron chi connectivity index (χ0n) is 11.0. The molecule has 0 atom stereocenters. The molecule has 0 saturated carbocycles. The molecule has 0 amide bonds. The van der Waals surface area contributed by atoms with Gasteiger partial charge in [-0.05, 0) is 31.5 Å². The molecule has 5 nitrogen and oxygen atoms in total. The standard InChI is InChI=1S/C13H11ClN4OS/c1-13(2)4-8-6(5-19-13)3-7-9-11(20-10(7)15-8)17-18-12(14)16-9/h3H,4-5H2,1-2H3. The first-order chi connectivity index (χ1) is 9.52. The molecule has 0 N–H and O–H groups in total. The molecular weight excluding hydrogens is 296 g/mol. The Morgan fingerprint density at radius 3 is 2.95 bits per heavy atom. The number of fused-ring (bicyclic) bond motifs is 4. The molecule has 3 aromatic heterocycles. The van der Waals surface area contributed by atoms with E-state index in [-0.39, 0.29) is 10.9 Å². The van der Waals surface area contributed by atoms with E-state index in [1.807, 2.05) is 0 Å². The fraction of sp³-hybridized carbons (Fsp3) is 0.385. The molecule has 0 radical (unpaired) electrons. The van der Waals surface area contributed by atoms with Crippen LogP contribution < -0.4 is 0 Å². The van der Waals surface area contributed by atoms with E-state index in [2.05, 4.69) is 35.1 Å². The van der Waals surface area contributed by atoms with Crippen LogP contribution in [-0.2, 0) is 17.8 Å². The predicted molar refractivity (Wildman–Crippen MR) is 78.1 cm³/mol. The highest BCUT2D eigenvalue weighted by molar-refractivity contribution is 7.25. The second-order valence-corrected chi connectivity index (χ2v) is 6.82. The summed E-state index contributed by atoms with van der Waals surface area (Å²) < 4.78 is 5.84. The van der Waals surface area contributed by atoms with E-state index in [9.17, 15) is 0 Å². The monoisotopic (exact) mass is 306 g/mol. The van der Waals surface area contributed by atoms with E-state index in [1.165, 1.54) is 11.3 Å². The average molecular weight is 307 g/mol. The Labute approximate surface area is 124 Å². The average Bonchev–Trinajstić information content (AvgIpc) is 2.72. The minimum absolute atomic E-state index is 0.160. The molecule has 102 valence electrons. The van der Waals surface area contributed by atoms with Crippen LogP contribution in [0.3, 0.4) is 0 Å². The van der Waals surface area contributed by atoms with Crippen molar-refractivity contribution in [2.75, 3.05) is 0 Å². The van der Waals surface area contributed by atoms with E-state index in [4.69, 9.17) is 21.3 Å². The Kier molecular flexibility index (Phi) is 2.52. The van der Waals surface area contributed by atoms with Gasteiger partial charge in [-0.2, -0.15) is 0 Å². The largest absolute Gasteiger partial charge is 0.370 e. The number of thiophene rings is 1. The number of hydrogen-bond donors (Lipinski definition) is 0. The summed E-state index contributed by atoms with van der Waals surface area (Å²) in [5.74, 6) is 0. The number of nitrogens with zero attached hydrogens (tertiary/aromatic N) is 4. The molecule has 7 heteroatoms. The maximum absolute atomic E-state index is 5.84. The lowest BCUT2D eigenvalue weighted by molar-refractivity contribution is -0.0411. The van der Waals surface area contributed by atoms with Crippen molar-refractivity contribution in [2.24, 2.45) is 0 Å². The number of rotatable bonds is 0. The fourth-order valence-corrected chi connectivity index (χ4v) is 3.52. The fourth-order valence-electron chi connectivity index (χ4n) is 2.46. The zero-order chi connectivity index (χ0) is 13.9. The van der Waals surface area contributed by atoms with E-state index in [0.717, 1.165) is 38.2 Å². The van der Waals surface area contributed by atoms with Gasteiger partial charge in [-0.3, -0.25) is 0 Å². The van der Waals surface area contributed by atoms with E-state index >= 15 is 0 Å². The van der Waals surface area contributed by atoms with Crippen molar-refractivity contribution in [1.29, 1.82) is 0 Å². The summed E-state index contributed by atoms with van der Waals surface area (Å²) in [5, 5.41) is 9.00. The van der Waals surface area contributed by atoms with Gasteiger partial charge >= 0.3 is 0 Å². The van der Waals surface area contributed by atoms with Gasteiger partial charge in [0.2, 0.25) is 5.28 Å². The molecule has 0 saturated heterocycles. The molecule has 20 heavy (non-hydrogen) atoms. The third-order valence-corrected chi connectivity index (χ3v) is 4.58. The van der Waals surface area contributed by atoms with Crippen LogP contribution in [0.2, 0.25) is 5.28 Å². The van der Waals surface area contributed by atoms with Crippen molar-refractivity contribution < 1.29 is 4.74 Å². The van der Waals surface area contributed by atoms with Crippen LogP contribution in [0.1, 0.15) is 25.1 Å². The SMILES string of the molecule is CC1(C)Cc2nc3sc4nnc(Cl)nc4c3cc2CO1. The van der Waals surface area contributed by atoms with Gasteiger partial charge in [0.1, 0.15) is 10.3 Å². The van der Waals surface area contributed by atoms with Crippen LogP contribution >= 0.6 is 22.9 Å². The van der Waals surface area contributed by atoms with Gasteiger partial charge in [-0.15, -0.1) is 10.2 Å². The second-order valence-electron chi connectivity index (χ2n) is 5.51. The molecule has 4 heterocycles. The lowest BCUT2D eigenvalue weighted by Gasteiger charge is -2.30. The zero-order valence-corrected chi connectivity index (χ0v) is 12.5. The normalized spacial score (nSPS) is 17.6. The second kappa shape index (κ2) is 4.07. The molecule has 0 unspecified atom stereocenters. The molecule has 1 aliphatic heterocycles. The first kappa shape index (κ1) is 12.4. The maximum atomic E-state index is 5.84. The van der Waals surface area contributed by atoms with Crippen molar-refractivity contribution in [3.63, 3.8) is 0 Å². The third-order valence-electron chi connectivity index (χ3n) is 3.45. The van der Waals surface area contributed by atoms with E-state index in [0.29, 0.717) is 6.61 Å². The summed E-state index contributed by atoms with van der Waals surface area (Å²) in [7, 11) is 0. The van der Waals surface area contributed by atoms with Crippen LogP contribution in [0, 0.1) is 0 Å². The number of hydrogen-bond acceptors (Lipinski definition) is 6. The smallest absolute Gasteiger partial charge is 0.243 e. The predicted octanol–water partition coefficient (Wildman–Crippen LogP) is 3.14. The summed E-state index contributed by atoms with van der Waals surface area (Å²) in [6.07, 6.45) is 0.812. The molecule has 0 spiro atoms. The molecule has 0 bridgehead atoms. The molecule has 4 rings (SSSR count). The number of aromatic nitrogens is 4. The van der Waals surface area contributed by atoms with Crippen LogP contribution in [0.25, 0.3) is 20.6 Å². The minimum Gasteiger partial charge on any atom is -0.370 e. The van der Waals surface area contributed by atoms with E-state index < -0.39 is 0 Å². The van der Waals surface area contributed by atoms with Gasteiger partial charge in [0.05, 0.1) is 17.9 Å². The van der Waals surface area contributed by atoms with Gasteiger partial charge in [0.25, 0.3) is 0 Å². The van der Waals surface area contributed by atoms with Crippen molar-refractivity contribution in [3.8, 4) is 0 Å². The molecule has 1 aliphatic rings. The molecule has 0 aromatic carbocycles. The summed E-state index contributed by atoms with van der Waals surface area (Å²) in [6, 6.07) is 2.09. The van der Waals surface area contributed by atoms with Gasteiger partial charge < -0.3 is 4.74 Å². The Morgan fingerprint density at radius 1 is 1.25 bits per heavy atom. The van der Waals surface area contributed by atoms with Gasteiger partial charge in [-0.25, -0.2) is 9.97 Å². The van der Waals surface area contributed by atoms with Crippen molar-refractivity contribution in [2.45, 2.75) is 32.5 Å². The summed E-state index contributed by atoms with van der Waals surface area (Å²) >= 11 is 7.33. The molecule has 0 fully saturated rings. The summed E-state index contributed by atoms with van der Waals surface area (Å²) in [4.78, 5) is 10.7. The van der Waals surface area contributed by atoms with E-state index in [1.54, 1.807) is 0 Å². The molecule has 0 aliphatic carbocycles. The minimum atomic E-state index is -0.161. The Balaban J connectivity index is 2.00. The van der Waals surface area contributed by atoms with Gasteiger partial charge in [0.15, 0.2) is 4.83 Å². The number of ether oxygens (including phenoxy) is 1. The van der Waals surface area contributed by atoms with Gasteiger partial charge in [0, 0.05) is 17.4 Å². The topological polar surface area (TPSA) is 60.8 Å². The van der Waals surface area contributed by atoms with Crippen LogP contribution in [0.5, 0.6) is 0 Å². The van der Waals surface area contributed by atoms with Crippen molar-refractivity contribution in [1.82, 2.24) is 20.2 Å². The molecule has 3 aromatic rings. The summed E-state index contributed by atoms with van der Waals surface area (Å²) in [5.41, 5.74) is 2.82. The first-order valence-electron chi connectivity index (χ1n) is 6.27. The lowest BCUT2D eigenvalue weighted by Crippen LogP contribution is -2.32. The van der Waals surface area contributed by atoms with Crippen LogP contribution in [-0.4, -0.2) is 25.8 Å². The van der Waals surface area contributed by atoms with Crippen LogP contribution in [0.15, 0.2) is 6.07 Å². The third kappa shape index (κ3) is 1.87. The first-order valence-corrected chi connectivity index (χ1v) is 7.46. The highest BCUT2D eigenvalue weighted by atomic mass is 35.5. The Morgan fingerprint density at radius 2 is 2.10 bits per heavy atom. The number of pyridine rings is 1. The highest BCUT2D eigenvalue weighted by Gasteiger charge is 2.28. The Hall–Kier alpha value is -1.37. The highest BCUT2D eigenvalue weighted by Crippen LogP contribution is 2.34. The van der Waals surface area contributed by atoms with Crippen molar-refractivity contribution in [3.05, 3.63) is 22.6 Å². The Bertz CT molecular complexity index is 845. The molecular formula is C13H11ClN4OS. The number of halogens is 1. The quantitative estimate of drug-likeness (QED) is 0.638. The van der Waals surface area contributed by atoms with Crippen LogP contribution in [0.4, 0.5) is 0 Å². The maximum Gasteiger partial charge on any atom is 0.243 e.